The van der Waals surface area contributed by atoms with Gasteiger partial charge in [-0.1, -0.05) is 30.3 Å². The van der Waals surface area contributed by atoms with Crippen molar-refractivity contribution in [3.8, 4) is 11.5 Å². The van der Waals surface area contributed by atoms with Crippen molar-refractivity contribution in [2.24, 2.45) is 5.73 Å². The van der Waals surface area contributed by atoms with E-state index in [0.717, 1.165) is 16.9 Å². The molecule has 1 atom stereocenters. The van der Waals surface area contributed by atoms with Crippen LogP contribution in [0.2, 0.25) is 0 Å². The number of hydrogen-bond acceptors (Lipinski definition) is 4. The number of hydrogen-bond donors (Lipinski definition) is 1. The highest BCUT2D eigenvalue weighted by atomic mass is 16.5. The Morgan fingerprint density at radius 2 is 1.95 bits per heavy atom. The molecule has 0 radical (unpaired) electrons. The highest BCUT2D eigenvalue weighted by Crippen LogP contribution is 2.27. The van der Waals surface area contributed by atoms with Gasteiger partial charge >= 0.3 is 5.97 Å². The van der Waals surface area contributed by atoms with Crippen LogP contribution in [0.15, 0.2) is 48.5 Å². The molecule has 0 aliphatic heterocycles. The van der Waals surface area contributed by atoms with Crippen molar-refractivity contribution in [3.63, 3.8) is 0 Å². The van der Waals surface area contributed by atoms with Crippen LogP contribution in [0.25, 0.3) is 0 Å². The maximum atomic E-state index is 11.5. The largest absolute Gasteiger partial charge is 0.466 e. The molecule has 2 aromatic carbocycles. The summed E-state index contributed by atoms with van der Waals surface area (Å²) in [4.78, 5) is 11.5. The molecule has 0 spiro atoms. The topological polar surface area (TPSA) is 61.5 Å². The Morgan fingerprint density at radius 1 is 1.18 bits per heavy atom. The minimum atomic E-state index is -0.403. The van der Waals surface area contributed by atoms with Crippen LogP contribution in [0.1, 0.15) is 30.5 Å². The number of ether oxygens (including phenoxy) is 2. The summed E-state index contributed by atoms with van der Waals surface area (Å²) in [5.74, 6) is 1.21. The van der Waals surface area contributed by atoms with Crippen LogP contribution in [0.3, 0.4) is 0 Å². The molecule has 0 aliphatic rings. The SMILES string of the molecule is CCOC(=O)CC(N)c1cccc(Oc2ccccc2C)c1. The van der Waals surface area contributed by atoms with Crippen LogP contribution >= 0.6 is 0 Å². The van der Waals surface area contributed by atoms with Gasteiger partial charge in [0.2, 0.25) is 0 Å². The Labute approximate surface area is 130 Å². The molecule has 0 aromatic heterocycles. The van der Waals surface area contributed by atoms with Gasteiger partial charge < -0.3 is 15.2 Å². The van der Waals surface area contributed by atoms with E-state index in [4.69, 9.17) is 15.2 Å². The van der Waals surface area contributed by atoms with Gasteiger partial charge in [-0.15, -0.1) is 0 Å². The number of esters is 1. The summed E-state index contributed by atoms with van der Waals surface area (Å²) in [6.45, 7) is 4.13. The van der Waals surface area contributed by atoms with E-state index in [1.807, 2.05) is 55.5 Å². The lowest BCUT2D eigenvalue weighted by Gasteiger charge is -2.14. The minimum absolute atomic E-state index is 0.154. The number of benzene rings is 2. The van der Waals surface area contributed by atoms with Crippen LogP contribution in [0, 0.1) is 6.92 Å². The molecule has 2 aromatic rings. The van der Waals surface area contributed by atoms with Gasteiger partial charge in [-0.3, -0.25) is 4.79 Å². The van der Waals surface area contributed by atoms with Gasteiger partial charge in [0.25, 0.3) is 0 Å². The molecule has 0 saturated carbocycles. The second kappa shape index (κ2) is 7.61. The zero-order valence-corrected chi connectivity index (χ0v) is 12.9. The first-order valence-electron chi connectivity index (χ1n) is 7.34. The summed E-state index contributed by atoms with van der Waals surface area (Å²) in [5, 5.41) is 0. The van der Waals surface area contributed by atoms with Crippen molar-refractivity contribution in [2.75, 3.05) is 6.61 Å². The molecule has 116 valence electrons. The molecule has 1 unspecified atom stereocenters. The zero-order chi connectivity index (χ0) is 15.9. The Kier molecular flexibility index (Phi) is 5.55. The van der Waals surface area contributed by atoms with Crippen molar-refractivity contribution >= 4 is 5.97 Å². The standard InChI is InChI=1S/C18H21NO3/c1-3-21-18(20)12-16(19)14-8-6-9-15(11-14)22-17-10-5-4-7-13(17)2/h4-11,16H,3,12,19H2,1-2H3. The van der Waals surface area contributed by atoms with Crippen LogP contribution < -0.4 is 10.5 Å². The number of carbonyl (C=O) groups excluding carboxylic acids is 1. The number of aryl methyl sites for hydroxylation is 1. The van der Waals surface area contributed by atoms with E-state index in [1.54, 1.807) is 6.92 Å². The van der Waals surface area contributed by atoms with Gasteiger partial charge in [0, 0.05) is 6.04 Å². The highest BCUT2D eigenvalue weighted by molar-refractivity contribution is 5.70. The number of rotatable bonds is 6. The van der Waals surface area contributed by atoms with E-state index >= 15 is 0 Å². The summed E-state index contributed by atoms with van der Waals surface area (Å²) in [5.41, 5.74) is 7.97. The lowest BCUT2D eigenvalue weighted by Crippen LogP contribution is -2.17. The van der Waals surface area contributed by atoms with Gasteiger partial charge in [0.05, 0.1) is 13.0 Å². The summed E-state index contributed by atoms with van der Waals surface area (Å²) < 4.78 is 10.8. The third-order valence-corrected chi connectivity index (χ3v) is 3.30. The highest BCUT2D eigenvalue weighted by Gasteiger charge is 2.13. The fraction of sp³-hybridized carbons (Fsp3) is 0.278. The van der Waals surface area contributed by atoms with E-state index in [9.17, 15) is 4.79 Å². The number of carbonyl (C=O) groups is 1. The monoisotopic (exact) mass is 299 g/mol. The second-order valence-electron chi connectivity index (χ2n) is 5.06. The fourth-order valence-electron chi connectivity index (χ4n) is 2.12. The van der Waals surface area contributed by atoms with E-state index in [-0.39, 0.29) is 12.4 Å². The average molecular weight is 299 g/mol. The maximum Gasteiger partial charge on any atom is 0.307 e. The lowest BCUT2D eigenvalue weighted by atomic mass is 10.0. The Hall–Kier alpha value is -2.33. The molecule has 2 rings (SSSR count). The molecule has 0 aliphatic carbocycles. The molecule has 0 fully saturated rings. The van der Waals surface area contributed by atoms with Crippen molar-refractivity contribution in [1.82, 2.24) is 0 Å². The normalized spacial score (nSPS) is 11.8. The third-order valence-electron chi connectivity index (χ3n) is 3.30. The lowest BCUT2D eigenvalue weighted by molar-refractivity contribution is -0.143. The Balaban J connectivity index is 2.09. The van der Waals surface area contributed by atoms with Gasteiger partial charge in [0.1, 0.15) is 11.5 Å². The predicted octanol–water partition coefficient (Wildman–Crippen LogP) is 3.74. The van der Waals surface area contributed by atoms with Gasteiger partial charge in [0.15, 0.2) is 0 Å². The van der Waals surface area contributed by atoms with Gasteiger partial charge in [-0.2, -0.15) is 0 Å². The molecule has 0 amide bonds. The van der Waals surface area contributed by atoms with E-state index in [0.29, 0.717) is 12.4 Å². The average Bonchev–Trinajstić information content (AvgIpc) is 2.50. The van der Waals surface area contributed by atoms with Crippen molar-refractivity contribution in [1.29, 1.82) is 0 Å². The first kappa shape index (κ1) is 16.0. The maximum absolute atomic E-state index is 11.5. The molecular weight excluding hydrogens is 278 g/mol. The molecule has 0 heterocycles. The molecule has 22 heavy (non-hydrogen) atoms. The summed E-state index contributed by atoms with van der Waals surface area (Å²) in [7, 11) is 0. The van der Waals surface area contributed by atoms with Gasteiger partial charge in [-0.05, 0) is 43.2 Å². The molecule has 2 N–H and O–H groups in total. The smallest absolute Gasteiger partial charge is 0.307 e. The fourth-order valence-corrected chi connectivity index (χ4v) is 2.12. The summed E-state index contributed by atoms with van der Waals surface area (Å²) >= 11 is 0. The Morgan fingerprint density at radius 3 is 2.68 bits per heavy atom. The Bertz CT molecular complexity index is 640. The number of para-hydroxylation sites is 1. The van der Waals surface area contributed by atoms with E-state index in [1.165, 1.54) is 0 Å². The third kappa shape index (κ3) is 4.33. The second-order valence-corrected chi connectivity index (χ2v) is 5.06. The summed E-state index contributed by atoms with van der Waals surface area (Å²) in [6, 6.07) is 14.9. The first-order valence-corrected chi connectivity index (χ1v) is 7.34. The molecule has 0 bridgehead atoms. The molecule has 0 saturated heterocycles. The summed E-state index contributed by atoms with van der Waals surface area (Å²) in [6.07, 6.45) is 0.154. The molecule has 4 heteroatoms. The molecule has 4 nitrogen and oxygen atoms in total. The first-order chi connectivity index (χ1) is 10.6. The molecular formula is C18H21NO3. The number of nitrogens with two attached hydrogens (primary N) is 1. The van der Waals surface area contributed by atoms with Crippen molar-refractivity contribution < 1.29 is 14.3 Å². The van der Waals surface area contributed by atoms with Crippen LogP contribution in [0.5, 0.6) is 11.5 Å². The zero-order valence-electron chi connectivity index (χ0n) is 12.9. The van der Waals surface area contributed by atoms with Gasteiger partial charge in [-0.25, -0.2) is 0 Å². The minimum Gasteiger partial charge on any atom is -0.466 e. The van der Waals surface area contributed by atoms with Crippen LogP contribution in [-0.2, 0) is 9.53 Å². The van der Waals surface area contributed by atoms with Crippen LogP contribution in [-0.4, -0.2) is 12.6 Å². The predicted molar refractivity (Wildman–Crippen MR) is 85.9 cm³/mol. The van der Waals surface area contributed by atoms with E-state index < -0.39 is 6.04 Å². The quantitative estimate of drug-likeness (QED) is 0.825. The van der Waals surface area contributed by atoms with E-state index in [2.05, 4.69) is 0 Å². The van der Waals surface area contributed by atoms with Crippen molar-refractivity contribution in [3.05, 3.63) is 59.7 Å². The van der Waals surface area contributed by atoms with Crippen LogP contribution in [0.4, 0.5) is 0 Å². The van der Waals surface area contributed by atoms with Crippen molar-refractivity contribution in [2.45, 2.75) is 26.3 Å².